The number of carbonyl (C=O) groups is 2. The van der Waals surface area contributed by atoms with Crippen LogP contribution in [0.15, 0.2) is 29.2 Å². The van der Waals surface area contributed by atoms with Crippen LogP contribution < -0.4 is 5.32 Å². The molecule has 0 aliphatic heterocycles. The van der Waals surface area contributed by atoms with Crippen molar-refractivity contribution in [2.24, 2.45) is 0 Å². The van der Waals surface area contributed by atoms with Gasteiger partial charge < -0.3 is 15.1 Å². The number of benzene rings is 1. The molecule has 21 heavy (non-hydrogen) atoms. The van der Waals surface area contributed by atoms with Crippen molar-refractivity contribution in [3.05, 3.63) is 29.8 Å². The highest BCUT2D eigenvalue weighted by atomic mass is 32.2. The summed E-state index contributed by atoms with van der Waals surface area (Å²) in [6.07, 6.45) is 2.34. The predicted octanol–water partition coefficient (Wildman–Crippen LogP) is 2.03. The normalized spacial score (nSPS) is 10.1. The van der Waals surface area contributed by atoms with Crippen LogP contribution in [0.5, 0.6) is 0 Å². The lowest BCUT2D eigenvalue weighted by Gasteiger charge is -2.18. The van der Waals surface area contributed by atoms with E-state index >= 15 is 0 Å². The predicted molar refractivity (Wildman–Crippen MR) is 86.4 cm³/mol. The largest absolute Gasteiger partial charge is 0.349 e. The van der Waals surface area contributed by atoms with E-state index in [-0.39, 0.29) is 11.9 Å². The van der Waals surface area contributed by atoms with Gasteiger partial charge in [0.25, 0.3) is 0 Å². The molecule has 0 saturated carbocycles. The molecule has 1 aromatic carbocycles. The van der Waals surface area contributed by atoms with Crippen LogP contribution in [0.25, 0.3) is 0 Å². The van der Waals surface area contributed by atoms with Crippen LogP contribution in [0.2, 0.25) is 0 Å². The molecule has 0 spiro atoms. The van der Waals surface area contributed by atoms with Crippen LogP contribution in [-0.2, 0) is 11.3 Å². The van der Waals surface area contributed by atoms with Gasteiger partial charge in [0.15, 0.2) is 0 Å². The zero-order chi connectivity index (χ0) is 15.8. The molecule has 0 aromatic heterocycles. The molecule has 0 aliphatic carbocycles. The fraction of sp³-hybridized carbons (Fsp3) is 0.467. The summed E-state index contributed by atoms with van der Waals surface area (Å²) in [4.78, 5) is 27.7. The van der Waals surface area contributed by atoms with Gasteiger partial charge in [-0.2, -0.15) is 0 Å². The maximum atomic E-state index is 11.9. The number of hydrogen-bond acceptors (Lipinski definition) is 3. The Labute approximate surface area is 130 Å². The van der Waals surface area contributed by atoms with Crippen LogP contribution in [0.4, 0.5) is 4.79 Å². The Bertz CT molecular complexity index is 492. The van der Waals surface area contributed by atoms with Crippen LogP contribution >= 0.6 is 11.8 Å². The second-order valence-corrected chi connectivity index (χ2v) is 5.86. The maximum absolute atomic E-state index is 11.9. The molecule has 0 heterocycles. The fourth-order valence-electron chi connectivity index (χ4n) is 1.75. The fourth-order valence-corrected chi connectivity index (χ4v) is 2.24. The smallest absolute Gasteiger partial charge is 0.317 e. The van der Waals surface area contributed by atoms with E-state index < -0.39 is 0 Å². The Morgan fingerprint density at radius 2 is 1.95 bits per heavy atom. The summed E-state index contributed by atoms with van der Waals surface area (Å²) in [7, 11) is 5.15. The van der Waals surface area contributed by atoms with Crippen LogP contribution in [0.1, 0.15) is 12.0 Å². The van der Waals surface area contributed by atoms with Crippen molar-refractivity contribution in [1.82, 2.24) is 15.1 Å². The van der Waals surface area contributed by atoms with Crippen molar-refractivity contribution in [2.45, 2.75) is 17.9 Å². The molecule has 0 unspecified atom stereocenters. The Balaban J connectivity index is 2.42. The van der Waals surface area contributed by atoms with Gasteiger partial charge in [-0.05, 0) is 24.0 Å². The Kier molecular flexibility index (Phi) is 7.08. The number of amides is 3. The summed E-state index contributed by atoms with van der Waals surface area (Å²) < 4.78 is 0. The molecule has 1 aromatic rings. The molecule has 0 bridgehead atoms. The van der Waals surface area contributed by atoms with Gasteiger partial charge in [-0.3, -0.25) is 4.79 Å². The van der Waals surface area contributed by atoms with E-state index in [2.05, 4.69) is 11.4 Å². The highest BCUT2D eigenvalue weighted by molar-refractivity contribution is 7.98. The zero-order valence-corrected chi connectivity index (χ0v) is 13.9. The van der Waals surface area contributed by atoms with Crippen LogP contribution in [0, 0.1) is 0 Å². The average Bonchev–Trinajstić information content (AvgIpc) is 2.46. The van der Waals surface area contributed by atoms with Crippen molar-refractivity contribution in [3.63, 3.8) is 0 Å². The molecule has 3 amide bonds. The summed E-state index contributed by atoms with van der Waals surface area (Å²) in [5.74, 6) is 0.00521. The number of hydrogen-bond donors (Lipinski definition) is 1. The molecule has 1 N–H and O–H groups in total. The van der Waals surface area contributed by atoms with E-state index in [0.717, 1.165) is 5.56 Å². The van der Waals surface area contributed by atoms with Gasteiger partial charge in [0.2, 0.25) is 5.91 Å². The van der Waals surface area contributed by atoms with Gasteiger partial charge in [0, 0.05) is 45.5 Å². The maximum Gasteiger partial charge on any atom is 0.317 e. The highest BCUT2D eigenvalue weighted by Crippen LogP contribution is 2.16. The van der Waals surface area contributed by atoms with Gasteiger partial charge >= 0.3 is 6.03 Å². The zero-order valence-electron chi connectivity index (χ0n) is 13.0. The summed E-state index contributed by atoms with van der Waals surface area (Å²) >= 11 is 1.68. The first-order chi connectivity index (χ1) is 9.93. The van der Waals surface area contributed by atoms with Crippen molar-refractivity contribution >= 4 is 23.7 Å². The Morgan fingerprint density at radius 3 is 2.57 bits per heavy atom. The Morgan fingerprint density at radius 1 is 1.24 bits per heavy atom. The molecule has 6 heteroatoms. The molecule has 0 radical (unpaired) electrons. The van der Waals surface area contributed by atoms with E-state index in [1.54, 1.807) is 37.8 Å². The van der Waals surface area contributed by atoms with Crippen LogP contribution in [0.3, 0.4) is 0 Å². The number of urea groups is 1. The number of nitrogens with zero attached hydrogens (tertiary/aromatic N) is 2. The minimum absolute atomic E-state index is 0.00521. The monoisotopic (exact) mass is 309 g/mol. The third-order valence-electron chi connectivity index (χ3n) is 3.01. The summed E-state index contributed by atoms with van der Waals surface area (Å²) in [5.41, 5.74) is 1.09. The van der Waals surface area contributed by atoms with Crippen molar-refractivity contribution in [2.75, 3.05) is 33.9 Å². The molecular formula is C15H23N3O2S. The van der Waals surface area contributed by atoms with E-state index in [9.17, 15) is 9.59 Å². The highest BCUT2D eigenvalue weighted by Gasteiger charge is 2.10. The topological polar surface area (TPSA) is 52.7 Å². The van der Waals surface area contributed by atoms with E-state index in [1.807, 2.05) is 24.5 Å². The number of rotatable bonds is 6. The van der Waals surface area contributed by atoms with Crippen molar-refractivity contribution < 1.29 is 9.59 Å². The second-order valence-electron chi connectivity index (χ2n) is 4.98. The minimum atomic E-state index is -0.170. The summed E-state index contributed by atoms with van der Waals surface area (Å²) in [6, 6.07) is 7.93. The summed E-state index contributed by atoms with van der Waals surface area (Å²) in [6.45, 7) is 0.896. The van der Waals surface area contributed by atoms with Crippen molar-refractivity contribution in [1.29, 1.82) is 0 Å². The number of carbonyl (C=O) groups excluding carboxylic acids is 2. The molecule has 0 fully saturated rings. The van der Waals surface area contributed by atoms with E-state index in [0.29, 0.717) is 19.5 Å². The lowest BCUT2D eigenvalue weighted by molar-refractivity contribution is -0.128. The first kappa shape index (κ1) is 17.4. The molecule has 1 rings (SSSR count). The molecule has 0 aliphatic rings. The van der Waals surface area contributed by atoms with Gasteiger partial charge in [-0.1, -0.05) is 12.1 Å². The number of thioether (sulfide) groups is 1. The van der Waals surface area contributed by atoms with Crippen molar-refractivity contribution in [3.8, 4) is 0 Å². The molecule has 0 atom stereocenters. The second kappa shape index (κ2) is 8.56. The van der Waals surface area contributed by atoms with Gasteiger partial charge in [-0.25, -0.2) is 4.79 Å². The van der Waals surface area contributed by atoms with Crippen LogP contribution in [-0.4, -0.2) is 55.7 Å². The lowest BCUT2D eigenvalue weighted by Crippen LogP contribution is -2.38. The van der Waals surface area contributed by atoms with Gasteiger partial charge in [-0.15, -0.1) is 11.8 Å². The SMILES string of the molecule is CSc1cccc(CN(C)C(=O)NCCC(=O)N(C)C)c1. The molecule has 0 saturated heterocycles. The lowest BCUT2D eigenvalue weighted by atomic mass is 10.2. The molecular weight excluding hydrogens is 286 g/mol. The average molecular weight is 309 g/mol. The molecule has 5 nitrogen and oxygen atoms in total. The first-order valence-corrected chi connectivity index (χ1v) is 7.98. The molecule has 116 valence electrons. The van der Waals surface area contributed by atoms with E-state index in [4.69, 9.17) is 0 Å². The van der Waals surface area contributed by atoms with Gasteiger partial charge in [0.1, 0.15) is 0 Å². The third-order valence-corrected chi connectivity index (χ3v) is 3.74. The minimum Gasteiger partial charge on any atom is -0.349 e. The van der Waals surface area contributed by atoms with E-state index in [1.165, 1.54) is 9.80 Å². The third kappa shape index (κ3) is 6.08. The summed E-state index contributed by atoms with van der Waals surface area (Å²) in [5, 5.41) is 2.75. The number of nitrogens with one attached hydrogen (secondary N) is 1. The standard InChI is InChI=1S/C15H23N3O2S/c1-17(2)14(19)8-9-16-15(20)18(3)11-12-6-5-7-13(10-12)21-4/h5-7,10H,8-9,11H2,1-4H3,(H,16,20). The quantitative estimate of drug-likeness (QED) is 0.818. The van der Waals surface area contributed by atoms with Gasteiger partial charge in [0.05, 0.1) is 0 Å². The first-order valence-electron chi connectivity index (χ1n) is 6.76. The Hall–Kier alpha value is -1.69.